The fourth-order valence-corrected chi connectivity index (χ4v) is 1.42. The van der Waals surface area contributed by atoms with Crippen LogP contribution in [-0.2, 0) is 10.1 Å². The minimum absolute atomic E-state index is 0. The van der Waals surface area contributed by atoms with Crippen LogP contribution < -0.4 is 6.15 Å². The summed E-state index contributed by atoms with van der Waals surface area (Å²) in [5, 5.41) is 26.3. The minimum atomic E-state index is -4.12. The van der Waals surface area contributed by atoms with Crippen molar-refractivity contribution < 1.29 is 28.3 Å². The fourth-order valence-electron chi connectivity index (χ4n) is 0.733. The predicted octanol–water partition coefficient (Wildman–Crippen LogP) is -1.61. The molecule has 0 aliphatic rings. The highest BCUT2D eigenvalue weighted by molar-refractivity contribution is 7.85. The lowest BCUT2D eigenvalue weighted by atomic mass is 9.88. The number of aliphatic hydroxyl groups excluding tert-OH is 3. The van der Waals surface area contributed by atoms with Crippen LogP contribution in [0.5, 0.6) is 0 Å². The Labute approximate surface area is 82.7 Å². The molecule has 0 saturated heterocycles. The standard InChI is InChI=1S/C6H14O6S.H3N/c7-3-6(4-8,5-9)1-2-13(10,11)12;/h7-9H,1-5H2,(H,10,11,12);1H3. The summed E-state index contributed by atoms with van der Waals surface area (Å²) >= 11 is 0. The Hall–Kier alpha value is -0.250. The third-order valence-electron chi connectivity index (χ3n) is 1.90. The van der Waals surface area contributed by atoms with Gasteiger partial charge in [0.25, 0.3) is 10.1 Å². The number of aliphatic hydroxyl groups is 3. The monoisotopic (exact) mass is 231 g/mol. The normalized spacial score (nSPS) is 12.3. The SMILES string of the molecule is N.O=S(=O)(O)CCC(CO)(CO)CO. The van der Waals surface area contributed by atoms with E-state index >= 15 is 0 Å². The van der Waals surface area contributed by atoms with Gasteiger partial charge in [-0.25, -0.2) is 0 Å². The zero-order valence-electron chi connectivity index (χ0n) is 7.76. The Kier molecular flexibility index (Phi) is 7.26. The summed E-state index contributed by atoms with van der Waals surface area (Å²) < 4.78 is 29.1. The lowest BCUT2D eigenvalue weighted by Gasteiger charge is -2.26. The van der Waals surface area contributed by atoms with Crippen molar-refractivity contribution in [2.45, 2.75) is 6.42 Å². The molecule has 0 aromatic carbocycles. The van der Waals surface area contributed by atoms with Crippen LogP contribution in [-0.4, -0.2) is 53.9 Å². The summed E-state index contributed by atoms with van der Waals surface area (Å²) in [6.07, 6.45) is -0.185. The molecular formula is C6H17NO6S. The first-order valence-corrected chi connectivity index (χ1v) is 5.28. The molecule has 0 aliphatic carbocycles. The zero-order chi connectivity index (χ0) is 10.5. The predicted molar refractivity (Wildman–Crippen MR) is 49.7 cm³/mol. The van der Waals surface area contributed by atoms with Crippen LogP contribution in [0.2, 0.25) is 0 Å². The summed E-state index contributed by atoms with van der Waals surface area (Å²) in [4.78, 5) is 0. The first kappa shape index (κ1) is 16.2. The van der Waals surface area contributed by atoms with Gasteiger partial charge in [-0.1, -0.05) is 0 Å². The van der Waals surface area contributed by atoms with E-state index < -0.39 is 41.1 Å². The van der Waals surface area contributed by atoms with E-state index in [1.807, 2.05) is 0 Å². The second-order valence-corrected chi connectivity index (χ2v) is 4.58. The second kappa shape index (κ2) is 6.27. The van der Waals surface area contributed by atoms with E-state index in [-0.39, 0.29) is 12.6 Å². The third kappa shape index (κ3) is 5.47. The highest BCUT2D eigenvalue weighted by Gasteiger charge is 2.29. The second-order valence-electron chi connectivity index (χ2n) is 3.01. The molecule has 88 valence electrons. The molecule has 0 rings (SSSR count). The van der Waals surface area contributed by atoms with Gasteiger partial charge in [0.05, 0.1) is 25.6 Å². The van der Waals surface area contributed by atoms with Crippen LogP contribution >= 0.6 is 0 Å². The van der Waals surface area contributed by atoms with E-state index in [0.29, 0.717) is 0 Å². The molecule has 0 spiro atoms. The topological polar surface area (TPSA) is 150 Å². The fraction of sp³-hybridized carbons (Fsp3) is 1.00. The van der Waals surface area contributed by atoms with Gasteiger partial charge in [-0.3, -0.25) is 4.55 Å². The van der Waals surface area contributed by atoms with Gasteiger partial charge >= 0.3 is 0 Å². The highest BCUT2D eigenvalue weighted by Crippen LogP contribution is 2.20. The molecule has 0 amide bonds. The van der Waals surface area contributed by atoms with E-state index in [1.54, 1.807) is 0 Å². The van der Waals surface area contributed by atoms with E-state index in [9.17, 15) is 8.42 Å². The maximum absolute atomic E-state index is 10.3. The molecule has 0 aromatic heterocycles. The van der Waals surface area contributed by atoms with Crippen molar-refractivity contribution in [3.8, 4) is 0 Å². The summed E-state index contributed by atoms with van der Waals surface area (Å²) in [5.74, 6) is -0.589. The van der Waals surface area contributed by atoms with Gasteiger partial charge in [-0.2, -0.15) is 8.42 Å². The van der Waals surface area contributed by atoms with Crippen molar-refractivity contribution in [2.24, 2.45) is 5.41 Å². The number of rotatable bonds is 6. The summed E-state index contributed by atoms with van der Waals surface area (Å²) in [6.45, 7) is -1.60. The molecule has 0 radical (unpaired) electrons. The quantitative estimate of drug-likeness (QED) is 0.345. The third-order valence-corrected chi connectivity index (χ3v) is 2.62. The Morgan fingerprint density at radius 1 is 1.00 bits per heavy atom. The smallest absolute Gasteiger partial charge is 0.264 e. The number of hydrogen-bond acceptors (Lipinski definition) is 6. The summed E-state index contributed by atoms with van der Waals surface area (Å²) in [7, 11) is -4.12. The molecule has 0 heterocycles. The molecule has 7 N–H and O–H groups in total. The van der Waals surface area contributed by atoms with Crippen molar-refractivity contribution >= 4 is 10.1 Å². The van der Waals surface area contributed by atoms with E-state index in [4.69, 9.17) is 19.9 Å². The van der Waals surface area contributed by atoms with Crippen molar-refractivity contribution in [3.05, 3.63) is 0 Å². The molecule has 7 nitrogen and oxygen atoms in total. The van der Waals surface area contributed by atoms with Gasteiger partial charge in [0, 0.05) is 5.41 Å². The van der Waals surface area contributed by atoms with E-state index in [1.165, 1.54) is 0 Å². The van der Waals surface area contributed by atoms with E-state index in [0.717, 1.165) is 0 Å². The van der Waals surface area contributed by atoms with Crippen LogP contribution in [0.25, 0.3) is 0 Å². The Morgan fingerprint density at radius 2 is 1.36 bits per heavy atom. The van der Waals surface area contributed by atoms with E-state index in [2.05, 4.69) is 0 Å². The van der Waals surface area contributed by atoms with Crippen LogP contribution in [0.4, 0.5) is 0 Å². The van der Waals surface area contributed by atoms with Crippen molar-refractivity contribution in [1.29, 1.82) is 0 Å². The Bertz CT molecular complexity index is 226. The average molecular weight is 231 g/mol. The molecule has 0 saturated carbocycles. The van der Waals surface area contributed by atoms with Gasteiger partial charge in [0.1, 0.15) is 0 Å². The lowest BCUT2D eigenvalue weighted by molar-refractivity contribution is 0.00344. The molecule has 8 heteroatoms. The molecule has 0 aromatic rings. The van der Waals surface area contributed by atoms with Gasteiger partial charge in [0.15, 0.2) is 0 Å². The largest absolute Gasteiger partial charge is 0.396 e. The highest BCUT2D eigenvalue weighted by atomic mass is 32.2. The van der Waals surface area contributed by atoms with Crippen LogP contribution in [0, 0.1) is 5.41 Å². The molecular weight excluding hydrogens is 214 g/mol. The Morgan fingerprint density at radius 3 is 1.57 bits per heavy atom. The first-order valence-electron chi connectivity index (χ1n) is 3.67. The maximum atomic E-state index is 10.3. The summed E-state index contributed by atoms with van der Waals surface area (Å²) in [5.41, 5.74) is -1.24. The van der Waals surface area contributed by atoms with Crippen LogP contribution in [0.15, 0.2) is 0 Å². The summed E-state index contributed by atoms with van der Waals surface area (Å²) in [6, 6.07) is 0. The van der Waals surface area contributed by atoms with Crippen LogP contribution in [0.1, 0.15) is 6.42 Å². The maximum Gasteiger partial charge on any atom is 0.264 e. The minimum Gasteiger partial charge on any atom is -0.396 e. The molecule has 0 aliphatic heterocycles. The van der Waals surface area contributed by atoms with Crippen LogP contribution in [0.3, 0.4) is 0 Å². The van der Waals surface area contributed by atoms with Gasteiger partial charge in [-0.05, 0) is 6.42 Å². The van der Waals surface area contributed by atoms with Crippen molar-refractivity contribution in [2.75, 3.05) is 25.6 Å². The lowest BCUT2D eigenvalue weighted by Crippen LogP contribution is -2.35. The zero-order valence-corrected chi connectivity index (χ0v) is 8.57. The molecule has 0 fully saturated rings. The molecule has 0 atom stereocenters. The first-order chi connectivity index (χ1) is 5.89. The molecule has 0 bridgehead atoms. The van der Waals surface area contributed by atoms with Gasteiger partial charge in [-0.15, -0.1) is 0 Å². The molecule has 14 heavy (non-hydrogen) atoms. The number of hydrogen-bond donors (Lipinski definition) is 5. The van der Waals surface area contributed by atoms with Crippen molar-refractivity contribution in [1.82, 2.24) is 6.15 Å². The van der Waals surface area contributed by atoms with Crippen molar-refractivity contribution in [3.63, 3.8) is 0 Å². The average Bonchev–Trinajstić information content (AvgIpc) is 2.06. The Balaban J connectivity index is 0. The van der Waals surface area contributed by atoms with Gasteiger partial charge < -0.3 is 21.5 Å². The van der Waals surface area contributed by atoms with Gasteiger partial charge in [0.2, 0.25) is 0 Å². The molecule has 0 unspecified atom stereocenters.